The zero-order valence-corrected chi connectivity index (χ0v) is 12.2. The van der Waals surface area contributed by atoms with Gasteiger partial charge in [0.2, 0.25) is 0 Å². The summed E-state index contributed by atoms with van der Waals surface area (Å²) in [7, 11) is 2.19. The Labute approximate surface area is 116 Å². The normalized spacial score (nSPS) is 12.8. The van der Waals surface area contributed by atoms with Crippen LogP contribution in [0.2, 0.25) is 0 Å². The molecule has 0 radical (unpaired) electrons. The standard InChI is InChI=1S/C17H24N2/c1-4-14(2)19(3)12-11-18-17-10-9-15-7-5-6-8-16(15)13-17/h5-10,13-14,18H,4,11-12H2,1-3H3. The topological polar surface area (TPSA) is 15.3 Å². The average molecular weight is 256 g/mol. The van der Waals surface area contributed by atoms with E-state index >= 15 is 0 Å². The first kappa shape index (κ1) is 13.9. The van der Waals surface area contributed by atoms with Crippen molar-refractivity contribution in [2.75, 3.05) is 25.5 Å². The molecule has 2 aromatic carbocycles. The van der Waals surface area contributed by atoms with Crippen molar-refractivity contribution in [3.8, 4) is 0 Å². The van der Waals surface area contributed by atoms with Crippen molar-refractivity contribution >= 4 is 16.5 Å². The molecule has 0 saturated carbocycles. The zero-order valence-electron chi connectivity index (χ0n) is 12.2. The van der Waals surface area contributed by atoms with Crippen molar-refractivity contribution < 1.29 is 0 Å². The molecule has 0 bridgehead atoms. The maximum atomic E-state index is 3.50. The Kier molecular flexibility index (Phi) is 4.80. The molecule has 2 nitrogen and oxygen atoms in total. The third kappa shape index (κ3) is 3.71. The van der Waals surface area contributed by atoms with Gasteiger partial charge >= 0.3 is 0 Å². The van der Waals surface area contributed by atoms with Gasteiger partial charge in [0.15, 0.2) is 0 Å². The summed E-state index contributed by atoms with van der Waals surface area (Å²) in [5, 5.41) is 6.10. The van der Waals surface area contributed by atoms with E-state index in [2.05, 4.69) is 73.6 Å². The van der Waals surface area contributed by atoms with Gasteiger partial charge in [-0.25, -0.2) is 0 Å². The fourth-order valence-corrected chi connectivity index (χ4v) is 2.21. The maximum Gasteiger partial charge on any atom is 0.0347 e. The van der Waals surface area contributed by atoms with Gasteiger partial charge in [0.1, 0.15) is 0 Å². The lowest BCUT2D eigenvalue weighted by atomic mass is 10.1. The molecule has 1 unspecified atom stereocenters. The molecule has 0 aliphatic carbocycles. The van der Waals surface area contributed by atoms with E-state index in [9.17, 15) is 0 Å². The van der Waals surface area contributed by atoms with Gasteiger partial charge in [0.25, 0.3) is 0 Å². The third-order valence-corrected chi connectivity index (χ3v) is 3.89. The monoisotopic (exact) mass is 256 g/mol. The average Bonchev–Trinajstić information content (AvgIpc) is 2.46. The molecule has 0 spiro atoms. The van der Waals surface area contributed by atoms with Crippen LogP contribution in [0.4, 0.5) is 5.69 Å². The van der Waals surface area contributed by atoms with Crippen molar-refractivity contribution in [2.24, 2.45) is 0 Å². The summed E-state index contributed by atoms with van der Waals surface area (Å²) in [6, 6.07) is 15.7. The molecule has 2 heteroatoms. The summed E-state index contributed by atoms with van der Waals surface area (Å²) >= 11 is 0. The lowest BCUT2D eigenvalue weighted by Gasteiger charge is -2.23. The maximum absolute atomic E-state index is 3.50. The number of nitrogens with zero attached hydrogens (tertiary/aromatic N) is 1. The molecule has 0 aromatic heterocycles. The quantitative estimate of drug-likeness (QED) is 0.841. The summed E-state index contributed by atoms with van der Waals surface area (Å²) in [6.45, 7) is 6.56. The first-order chi connectivity index (χ1) is 9.20. The number of rotatable bonds is 6. The van der Waals surface area contributed by atoms with Gasteiger partial charge in [-0.05, 0) is 43.3 Å². The van der Waals surface area contributed by atoms with Crippen molar-refractivity contribution in [3.63, 3.8) is 0 Å². The van der Waals surface area contributed by atoms with Crippen LogP contribution >= 0.6 is 0 Å². The van der Waals surface area contributed by atoms with Crippen LogP contribution < -0.4 is 5.32 Å². The van der Waals surface area contributed by atoms with E-state index in [0.29, 0.717) is 6.04 Å². The van der Waals surface area contributed by atoms with Crippen LogP contribution in [-0.4, -0.2) is 31.1 Å². The third-order valence-electron chi connectivity index (χ3n) is 3.89. The number of hydrogen-bond acceptors (Lipinski definition) is 2. The summed E-state index contributed by atoms with van der Waals surface area (Å²) in [4.78, 5) is 2.40. The predicted molar refractivity (Wildman–Crippen MR) is 84.8 cm³/mol. The smallest absolute Gasteiger partial charge is 0.0347 e. The van der Waals surface area contributed by atoms with Gasteiger partial charge in [-0.2, -0.15) is 0 Å². The highest BCUT2D eigenvalue weighted by molar-refractivity contribution is 5.85. The van der Waals surface area contributed by atoms with Crippen LogP contribution in [0.3, 0.4) is 0 Å². The van der Waals surface area contributed by atoms with Crippen molar-refractivity contribution in [2.45, 2.75) is 26.3 Å². The Morgan fingerprint density at radius 2 is 1.84 bits per heavy atom. The molecule has 1 atom stereocenters. The van der Waals surface area contributed by atoms with Crippen LogP contribution in [0.1, 0.15) is 20.3 Å². The minimum absolute atomic E-state index is 0.651. The SMILES string of the molecule is CCC(C)N(C)CCNc1ccc2ccccc2c1. The molecule has 0 aliphatic heterocycles. The molecule has 0 amide bonds. The van der Waals surface area contributed by atoms with Gasteiger partial charge < -0.3 is 10.2 Å². The lowest BCUT2D eigenvalue weighted by Crippen LogP contribution is -2.32. The molecular weight excluding hydrogens is 232 g/mol. The highest BCUT2D eigenvalue weighted by atomic mass is 15.1. The Morgan fingerprint density at radius 3 is 2.58 bits per heavy atom. The summed E-state index contributed by atoms with van der Waals surface area (Å²) in [5.41, 5.74) is 1.20. The highest BCUT2D eigenvalue weighted by Crippen LogP contribution is 2.18. The number of hydrogen-bond donors (Lipinski definition) is 1. The minimum atomic E-state index is 0.651. The minimum Gasteiger partial charge on any atom is -0.384 e. The van der Waals surface area contributed by atoms with E-state index in [4.69, 9.17) is 0 Å². The molecule has 0 saturated heterocycles. The molecule has 0 fully saturated rings. The fraction of sp³-hybridized carbons (Fsp3) is 0.412. The van der Waals surface area contributed by atoms with Crippen LogP contribution in [0.25, 0.3) is 10.8 Å². The van der Waals surface area contributed by atoms with Crippen molar-refractivity contribution in [1.29, 1.82) is 0 Å². The number of fused-ring (bicyclic) bond motifs is 1. The van der Waals surface area contributed by atoms with Gasteiger partial charge in [-0.3, -0.25) is 0 Å². The largest absolute Gasteiger partial charge is 0.384 e. The van der Waals surface area contributed by atoms with Gasteiger partial charge in [-0.1, -0.05) is 37.3 Å². The first-order valence-corrected chi connectivity index (χ1v) is 7.13. The van der Waals surface area contributed by atoms with Gasteiger partial charge in [0.05, 0.1) is 0 Å². The number of likely N-dealkylation sites (N-methyl/N-ethyl adjacent to an activating group) is 1. The predicted octanol–water partition coefficient (Wildman–Crippen LogP) is 3.98. The van der Waals surface area contributed by atoms with Crippen LogP contribution in [0.15, 0.2) is 42.5 Å². The van der Waals surface area contributed by atoms with E-state index < -0.39 is 0 Å². The number of anilines is 1. The number of nitrogens with one attached hydrogen (secondary N) is 1. The van der Waals surface area contributed by atoms with Gasteiger partial charge in [-0.15, -0.1) is 0 Å². The van der Waals surface area contributed by atoms with Crippen LogP contribution in [0.5, 0.6) is 0 Å². The molecule has 19 heavy (non-hydrogen) atoms. The van der Waals surface area contributed by atoms with Crippen LogP contribution in [-0.2, 0) is 0 Å². The van der Waals surface area contributed by atoms with E-state index in [1.165, 1.54) is 22.9 Å². The second-order valence-electron chi connectivity index (χ2n) is 5.23. The first-order valence-electron chi connectivity index (χ1n) is 7.13. The van der Waals surface area contributed by atoms with E-state index in [1.807, 2.05) is 0 Å². The fourth-order valence-electron chi connectivity index (χ4n) is 2.21. The van der Waals surface area contributed by atoms with Crippen molar-refractivity contribution in [1.82, 2.24) is 4.90 Å². The second-order valence-corrected chi connectivity index (χ2v) is 5.23. The van der Waals surface area contributed by atoms with E-state index in [0.717, 1.165) is 13.1 Å². The summed E-state index contributed by atoms with van der Waals surface area (Å²) in [6.07, 6.45) is 1.20. The molecule has 0 heterocycles. The Hall–Kier alpha value is -1.54. The van der Waals surface area contributed by atoms with Gasteiger partial charge in [0, 0.05) is 24.8 Å². The Balaban J connectivity index is 1.91. The Bertz CT molecular complexity index is 521. The molecule has 2 aromatic rings. The molecule has 0 aliphatic rings. The van der Waals surface area contributed by atoms with Crippen molar-refractivity contribution in [3.05, 3.63) is 42.5 Å². The zero-order chi connectivity index (χ0) is 13.7. The lowest BCUT2D eigenvalue weighted by molar-refractivity contribution is 0.261. The summed E-state index contributed by atoms with van der Waals surface area (Å²) < 4.78 is 0. The highest BCUT2D eigenvalue weighted by Gasteiger charge is 2.05. The van der Waals surface area contributed by atoms with Crippen LogP contribution in [0, 0.1) is 0 Å². The molecule has 1 N–H and O–H groups in total. The van der Waals surface area contributed by atoms with E-state index in [-0.39, 0.29) is 0 Å². The summed E-state index contributed by atoms with van der Waals surface area (Å²) in [5.74, 6) is 0. The second kappa shape index (κ2) is 6.58. The molecule has 2 rings (SSSR count). The number of benzene rings is 2. The molecular formula is C17H24N2. The molecule has 102 valence electrons. The Morgan fingerprint density at radius 1 is 1.11 bits per heavy atom. The van der Waals surface area contributed by atoms with E-state index in [1.54, 1.807) is 0 Å².